The van der Waals surface area contributed by atoms with E-state index in [1.54, 1.807) is 0 Å². The van der Waals surface area contributed by atoms with Crippen molar-refractivity contribution in [3.63, 3.8) is 0 Å². The lowest BCUT2D eigenvalue weighted by Gasteiger charge is -2.25. The molecule has 2 aliphatic rings. The summed E-state index contributed by atoms with van der Waals surface area (Å²) >= 11 is 0. The van der Waals surface area contributed by atoms with Crippen molar-refractivity contribution in [2.75, 3.05) is 26.5 Å². The minimum absolute atomic E-state index is 0.293. The molecule has 0 spiro atoms. The van der Waals surface area contributed by atoms with E-state index in [0.717, 1.165) is 49.1 Å². The Kier molecular flexibility index (Phi) is 6.23. The van der Waals surface area contributed by atoms with Crippen molar-refractivity contribution in [2.24, 2.45) is 0 Å². The Morgan fingerprint density at radius 2 is 1.06 bits per heavy atom. The van der Waals surface area contributed by atoms with Crippen LogP contribution in [0.5, 0.6) is 23.0 Å². The molecule has 4 aromatic carbocycles. The van der Waals surface area contributed by atoms with Crippen LogP contribution < -0.4 is 35.4 Å². The van der Waals surface area contributed by atoms with Gasteiger partial charge in [0, 0.05) is 34.1 Å². The van der Waals surface area contributed by atoms with E-state index < -0.39 is 7.92 Å². The van der Waals surface area contributed by atoms with Crippen molar-refractivity contribution >= 4 is 37.1 Å². The van der Waals surface area contributed by atoms with Crippen LogP contribution in [0.2, 0.25) is 0 Å². The van der Waals surface area contributed by atoms with Crippen LogP contribution in [0.25, 0.3) is 0 Å². The quantitative estimate of drug-likeness (QED) is 0.330. The van der Waals surface area contributed by atoms with Gasteiger partial charge in [0.2, 0.25) is 0 Å². The SMILES string of the molecule is CP(C)c1ccccc1Oc1ccccc1P(c1cccc2c1OCC2)c1cccc2c1OCC2. The minimum atomic E-state index is -0.963. The van der Waals surface area contributed by atoms with Gasteiger partial charge in [0.05, 0.1) is 13.2 Å². The van der Waals surface area contributed by atoms with E-state index in [0.29, 0.717) is 0 Å². The van der Waals surface area contributed by atoms with Crippen molar-refractivity contribution in [1.29, 1.82) is 0 Å². The van der Waals surface area contributed by atoms with Crippen molar-refractivity contribution in [1.82, 2.24) is 0 Å². The van der Waals surface area contributed by atoms with Gasteiger partial charge in [-0.1, -0.05) is 80.7 Å². The molecule has 0 saturated carbocycles. The van der Waals surface area contributed by atoms with E-state index in [1.165, 1.54) is 32.3 Å². The highest BCUT2D eigenvalue weighted by atomic mass is 31.1. The second-order valence-electron chi connectivity index (χ2n) is 9.00. The maximum absolute atomic E-state index is 6.72. The van der Waals surface area contributed by atoms with Gasteiger partial charge >= 0.3 is 0 Å². The van der Waals surface area contributed by atoms with Gasteiger partial charge < -0.3 is 14.2 Å². The first-order chi connectivity index (χ1) is 17.2. The average molecular weight is 498 g/mol. The predicted octanol–water partition coefficient (Wildman–Crippen LogP) is 5.47. The van der Waals surface area contributed by atoms with Gasteiger partial charge in [-0.2, -0.15) is 0 Å². The molecule has 0 saturated heterocycles. The van der Waals surface area contributed by atoms with E-state index in [-0.39, 0.29) is 7.92 Å². The highest BCUT2D eigenvalue weighted by Gasteiger charge is 2.31. The van der Waals surface area contributed by atoms with Crippen molar-refractivity contribution in [2.45, 2.75) is 12.8 Å². The second-order valence-corrected chi connectivity index (χ2v) is 13.4. The van der Waals surface area contributed by atoms with Crippen LogP contribution in [0.3, 0.4) is 0 Å². The lowest BCUT2D eigenvalue weighted by atomic mass is 10.2. The molecule has 0 unspecified atom stereocenters. The zero-order valence-corrected chi connectivity index (χ0v) is 21.8. The molecule has 0 aromatic heterocycles. The van der Waals surface area contributed by atoms with Gasteiger partial charge in [0.15, 0.2) is 0 Å². The fourth-order valence-corrected chi connectivity index (χ4v) is 8.49. The van der Waals surface area contributed by atoms with Crippen LogP contribution >= 0.6 is 15.8 Å². The van der Waals surface area contributed by atoms with Gasteiger partial charge in [0.25, 0.3) is 0 Å². The number of benzene rings is 4. The summed E-state index contributed by atoms with van der Waals surface area (Å²) in [4.78, 5) is 0. The lowest BCUT2D eigenvalue weighted by molar-refractivity contribution is 0.359. The molecule has 35 heavy (non-hydrogen) atoms. The molecule has 0 bridgehead atoms. The standard InChI is InChI=1S/C30H28O3P2/c1-34(2)25-13-5-3-11-23(25)33-24-12-4-6-14-26(24)35(27-15-7-9-21-17-19-31-29(21)27)28-16-8-10-22-18-20-32-30(22)28/h3-16H,17-20H2,1-2H3. The lowest BCUT2D eigenvalue weighted by Crippen LogP contribution is -2.24. The van der Waals surface area contributed by atoms with Crippen LogP contribution in [-0.2, 0) is 12.8 Å². The van der Waals surface area contributed by atoms with E-state index in [4.69, 9.17) is 14.2 Å². The number of hydrogen-bond donors (Lipinski definition) is 0. The van der Waals surface area contributed by atoms with Gasteiger partial charge in [-0.05, 0) is 44.5 Å². The zero-order chi connectivity index (χ0) is 23.8. The molecule has 6 rings (SSSR count). The van der Waals surface area contributed by atoms with Crippen LogP contribution in [-0.4, -0.2) is 26.5 Å². The fraction of sp³-hybridized carbons (Fsp3) is 0.200. The third-order valence-corrected chi connectivity index (χ3v) is 10.4. The van der Waals surface area contributed by atoms with Crippen molar-refractivity contribution in [3.05, 3.63) is 96.1 Å². The predicted molar refractivity (Wildman–Crippen MR) is 148 cm³/mol. The summed E-state index contributed by atoms with van der Waals surface area (Å²) in [7, 11) is -1.26. The van der Waals surface area contributed by atoms with E-state index in [9.17, 15) is 0 Å². The van der Waals surface area contributed by atoms with Crippen LogP contribution in [0.15, 0.2) is 84.9 Å². The Hall–Kier alpha value is -2.86. The molecule has 0 aliphatic carbocycles. The number of fused-ring (bicyclic) bond motifs is 2. The van der Waals surface area contributed by atoms with Crippen LogP contribution in [0.4, 0.5) is 0 Å². The smallest absolute Gasteiger partial charge is 0.135 e. The molecule has 4 aromatic rings. The molecule has 0 fully saturated rings. The third kappa shape index (κ3) is 4.22. The van der Waals surface area contributed by atoms with Gasteiger partial charge in [0.1, 0.15) is 23.0 Å². The number of para-hydroxylation sites is 4. The van der Waals surface area contributed by atoms with Gasteiger partial charge in [-0.15, -0.1) is 0 Å². The molecule has 5 heteroatoms. The first-order valence-electron chi connectivity index (χ1n) is 12.0. The highest BCUT2D eigenvalue weighted by molar-refractivity contribution is 7.80. The summed E-state index contributed by atoms with van der Waals surface area (Å²) in [6.45, 7) is 6.01. The Morgan fingerprint density at radius 1 is 0.571 bits per heavy atom. The fourth-order valence-electron chi connectivity index (χ4n) is 4.90. The molecular weight excluding hydrogens is 470 g/mol. The minimum Gasteiger partial charge on any atom is -0.492 e. The summed E-state index contributed by atoms with van der Waals surface area (Å²) in [5.41, 5.74) is 2.57. The number of rotatable bonds is 6. The summed E-state index contributed by atoms with van der Waals surface area (Å²) in [5, 5.41) is 4.92. The highest BCUT2D eigenvalue weighted by Crippen LogP contribution is 2.46. The number of ether oxygens (including phenoxy) is 3. The Balaban J connectivity index is 1.54. The zero-order valence-electron chi connectivity index (χ0n) is 20.0. The largest absolute Gasteiger partial charge is 0.492 e. The Morgan fingerprint density at radius 3 is 1.63 bits per heavy atom. The second kappa shape index (κ2) is 9.65. The summed E-state index contributed by atoms with van der Waals surface area (Å²) in [5.74, 6) is 3.91. The first kappa shape index (κ1) is 22.6. The summed E-state index contributed by atoms with van der Waals surface area (Å²) in [6, 6.07) is 30.1. The van der Waals surface area contributed by atoms with Gasteiger partial charge in [-0.3, -0.25) is 0 Å². The van der Waals surface area contributed by atoms with Crippen LogP contribution in [0.1, 0.15) is 11.1 Å². The Labute approximate surface area is 209 Å². The van der Waals surface area contributed by atoms with Gasteiger partial charge in [-0.25, -0.2) is 0 Å². The molecule has 0 atom stereocenters. The maximum Gasteiger partial charge on any atom is 0.135 e. The maximum atomic E-state index is 6.72. The van der Waals surface area contributed by atoms with Crippen molar-refractivity contribution < 1.29 is 14.2 Å². The summed E-state index contributed by atoms with van der Waals surface area (Å²) < 4.78 is 19.2. The molecule has 0 radical (unpaired) electrons. The topological polar surface area (TPSA) is 27.7 Å². The molecule has 3 nitrogen and oxygen atoms in total. The van der Waals surface area contributed by atoms with Crippen molar-refractivity contribution in [3.8, 4) is 23.0 Å². The monoisotopic (exact) mass is 498 g/mol. The van der Waals surface area contributed by atoms with E-state index >= 15 is 0 Å². The first-order valence-corrected chi connectivity index (χ1v) is 15.6. The molecule has 2 aliphatic heterocycles. The van der Waals surface area contributed by atoms with E-state index in [2.05, 4.69) is 98.3 Å². The summed E-state index contributed by atoms with van der Waals surface area (Å²) in [6.07, 6.45) is 1.91. The molecule has 0 amide bonds. The van der Waals surface area contributed by atoms with Crippen LogP contribution in [0, 0.1) is 0 Å². The average Bonchev–Trinajstić information content (AvgIpc) is 3.56. The van der Waals surface area contributed by atoms with E-state index in [1.807, 2.05) is 0 Å². The molecule has 2 heterocycles. The normalized spacial score (nSPS) is 13.9. The third-order valence-electron chi connectivity index (χ3n) is 6.54. The molecule has 0 N–H and O–H groups in total. The molecular formula is C30H28O3P2. The number of hydrogen-bond acceptors (Lipinski definition) is 3. The Bertz CT molecular complexity index is 1320. The molecule has 176 valence electrons.